The Labute approximate surface area is 419 Å². The highest BCUT2D eigenvalue weighted by atomic mass is 16.5. The zero-order chi connectivity index (χ0) is 48.6. The van der Waals surface area contributed by atoms with E-state index in [0.717, 1.165) is 38.5 Å². The van der Waals surface area contributed by atoms with Crippen molar-refractivity contribution in [1.82, 2.24) is 5.32 Å². The summed E-state index contributed by atoms with van der Waals surface area (Å²) in [5.41, 5.74) is 0. The molecule has 0 heterocycles. The van der Waals surface area contributed by atoms with Crippen molar-refractivity contribution in [1.29, 1.82) is 0 Å². The van der Waals surface area contributed by atoms with E-state index in [4.69, 9.17) is 4.74 Å². The summed E-state index contributed by atoms with van der Waals surface area (Å²) in [7, 11) is 0. The molecule has 0 aromatic carbocycles. The van der Waals surface area contributed by atoms with Crippen LogP contribution in [0.15, 0.2) is 0 Å². The van der Waals surface area contributed by atoms with Gasteiger partial charge in [0.2, 0.25) is 5.91 Å². The van der Waals surface area contributed by atoms with Gasteiger partial charge in [-0.15, -0.1) is 0 Å². The summed E-state index contributed by atoms with van der Waals surface area (Å²) in [5, 5.41) is 23.3. The molecule has 0 aliphatic rings. The van der Waals surface area contributed by atoms with E-state index in [0.29, 0.717) is 25.9 Å². The van der Waals surface area contributed by atoms with Crippen LogP contribution in [0.1, 0.15) is 354 Å². The number of amides is 1. The number of nitrogens with one attached hydrogen (secondary N) is 1. The average Bonchev–Trinajstić information content (AvgIpc) is 3.33. The largest absolute Gasteiger partial charge is 0.466 e. The van der Waals surface area contributed by atoms with Gasteiger partial charge in [0.25, 0.3) is 0 Å². The third kappa shape index (κ3) is 54.0. The van der Waals surface area contributed by atoms with Crippen molar-refractivity contribution < 1.29 is 24.5 Å². The van der Waals surface area contributed by atoms with Crippen molar-refractivity contribution >= 4 is 11.9 Å². The Hall–Kier alpha value is -1.14. The van der Waals surface area contributed by atoms with E-state index in [-0.39, 0.29) is 18.5 Å². The summed E-state index contributed by atoms with van der Waals surface area (Å²) in [6, 6.07) is -0.541. The third-order valence-electron chi connectivity index (χ3n) is 14.7. The second-order valence-electron chi connectivity index (χ2n) is 21.4. The number of unbranched alkanes of at least 4 members (excludes halogenated alkanes) is 47. The smallest absolute Gasteiger partial charge is 0.305 e. The number of hydrogen-bond acceptors (Lipinski definition) is 5. The molecule has 0 aromatic heterocycles. The number of aliphatic hydroxyl groups is 2. The van der Waals surface area contributed by atoms with Crippen LogP contribution in [0.2, 0.25) is 0 Å². The molecule has 2 atom stereocenters. The molecule has 6 heteroatoms. The number of ether oxygens (including phenoxy) is 1. The number of carbonyl (C=O) groups is 2. The minimum absolute atomic E-state index is 0.0146. The fourth-order valence-electron chi connectivity index (χ4n) is 9.94. The zero-order valence-corrected chi connectivity index (χ0v) is 45.7. The molecule has 0 aliphatic carbocycles. The van der Waals surface area contributed by atoms with Gasteiger partial charge in [0.05, 0.1) is 25.4 Å². The number of esters is 1. The van der Waals surface area contributed by atoms with Gasteiger partial charge in [-0.3, -0.25) is 9.59 Å². The van der Waals surface area contributed by atoms with Gasteiger partial charge in [0.15, 0.2) is 0 Å². The second kappa shape index (κ2) is 57.4. The van der Waals surface area contributed by atoms with Crippen LogP contribution in [-0.4, -0.2) is 47.4 Å². The van der Waals surface area contributed by atoms with E-state index >= 15 is 0 Å². The summed E-state index contributed by atoms with van der Waals surface area (Å²) in [6.45, 7) is 4.98. The van der Waals surface area contributed by atoms with Gasteiger partial charge in [-0.1, -0.05) is 316 Å². The van der Waals surface area contributed by atoms with E-state index in [9.17, 15) is 19.8 Å². The van der Waals surface area contributed by atoms with Gasteiger partial charge >= 0.3 is 5.97 Å². The molecule has 6 nitrogen and oxygen atoms in total. The molecule has 2 unspecified atom stereocenters. The van der Waals surface area contributed by atoms with Crippen LogP contribution in [0.25, 0.3) is 0 Å². The molecule has 67 heavy (non-hydrogen) atoms. The topological polar surface area (TPSA) is 95.9 Å². The van der Waals surface area contributed by atoms with Crippen LogP contribution in [-0.2, 0) is 14.3 Å². The third-order valence-corrected chi connectivity index (χ3v) is 14.7. The lowest BCUT2D eigenvalue weighted by Crippen LogP contribution is -2.45. The maximum absolute atomic E-state index is 12.5. The first-order valence-electron chi connectivity index (χ1n) is 30.8. The van der Waals surface area contributed by atoms with E-state index in [1.165, 1.54) is 283 Å². The quantitative estimate of drug-likeness (QED) is 0.0417. The number of rotatable bonds is 58. The Morgan fingerprint density at radius 2 is 0.612 bits per heavy atom. The number of aliphatic hydroxyl groups excluding tert-OH is 2. The van der Waals surface area contributed by atoms with E-state index in [2.05, 4.69) is 19.2 Å². The van der Waals surface area contributed by atoms with Crippen LogP contribution in [0.3, 0.4) is 0 Å². The minimum Gasteiger partial charge on any atom is -0.466 e. The predicted octanol–water partition coefficient (Wildman–Crippen LogP) is 19.1. The highest BCUT2D eigenvalue weighted by Gasteiger charge is 2.20. The van der Waals surface area contributed by atoms with Gasteiger partial charge in [0, 0.05) is 12.8 Å². The molecule has 3 N–H and O–H groups in total. The van der Waals surface area contributed by atoms with Crippen molar-refractivity contribution in [2.45, 2.75) is 366 Å². The monoisotopic (exact) mass is 948 g/mol. The van der Waals surface area contributed by atoms with Crippen molar-refractivity contribution in [2.75, 3.05) is 13.2 Å². The van der Waals surface area contributed by atoms with Crippen molar-refractivity contribution in [3.8, 4) is 0 Å². The fraction of sp³-hybridized carbons (Fsp3) is 0.967. The summed E-state index contributed by atoms with van der Waals surface area (Å²) in [5.74, 6) is -0.0179. The molecule has 0 bridgehead atoms. The number of hydrogen-bond donors (Lipinski definition) is 3. The van der Waals surface area contributed by atoms with Gasteiger partial charge in [0.1, 0.15) is 0 Å². The first-order valence-corrected chi connectivity index (χ1v) is 30.8. The maximum Gasteiger partial charge on any atom is 0.305 e. The maximum atomic E-state index is 12.5. The lowest BCUT2D eigenvalue weighted by atomic mass is 10.0. The van der Waals surface area contributed by atoms with Crippen LogP contribution in [0, 0.1) is 0 Å². The molecule has 0 spiro atoms. The molecule has 0 aliphatic heterocycles. The highest BCUT2D eigenvalue weighted by molar-refractivity contribution is 5.76. The molecule has 1 amide bonds. The SMILES string of the molecule is CCCCCCCCCCCCCCCCCCC(O)C(CO)NC(=O)CCCCCCCCCCCCCCCCCCCCCCCOC(=O)CCCCCCCCCCCCCCC. The zero-order valence-electron chi connectivity index (χ0n) is 45.7. The molecule has 0 saturated heterocycles. The minimum atomic E-state index is -0.663. The van der Waals surface area contributed by atoms with Crippen LogP contribution >= 0.6 is 0 Å². The van der Waals surface area contributed by atoms with Crippen LogP contribution in [0.4, 0.5) is 0 Å². The fourth-order valence-corrected chi connectivity index (χ4v) is 9.94. The first-order chi connectivity index (χ1) is 33.0. The summed E-state index contributed by atoms with van der Waals surface area (Å²) in [6.07, 6.45) is 66.8. The standard InChI is InChI=1S/C61H121NO5/c1-3-5-7-9-11-13-15-17-18-26-30-33-37-41-45-49-53-59(64)58(57-63)62-60(65)54-50-46-42-38-34-31-27-24-22-20-19-21-23-25-28-32-36-40-44-48-52-56-67-61(66)55-51-47-43-39-35-29-16-14-12-10-8-6-4-2/h58-59,63-64H,3-57H2,1-2H3,(H,62,65). The van der Waals surface area contributed by atoms with Crippen molar-refractivity contribution in [3.05, 3.63) is 0 Å². The summed E-state index contributed by atoms with van der Waals surface area (Å²) in [4.78, 5) is 24.5. The van der Waals surface area contributed by atoms with Gasteiger partial charge in [-0.05, 0) is 25.7 Å². The molecule has 0 saturated carbocycles. The van der Waals surface area contributed by atoms with Crippen molar-refractivity contribution in [3.63, 3.8) is 0 Å². The molecule has 0 aromatic rings. The van der Waals surface area contributed by atoms with Crippen molar-refractivity contribution in [2.24, 2.45) is 0 Å². The Balaban J connectivity index is 3.37. The Morgan fingerprint density at radius 3 is 0.910 bits per heavy atom. The van der Waals surface area contributed by atoms with Gasteiger partial charge < -0.3 is 20.3 Å². The molecule has 0 radical (unpaired) electrons. The Bertz CT molecular complexity index is 959. The highest BCUT2D eigenvalue weighted by Crippen LogP contribution is 2.18. The van der Waals surface area contributed by atoms with E-state index in [1.807, 2.05) is 0 Å². The lowest BCUT2D eigenvalue weighted by molar-refractivity contribution is -0.143. The summed E-state index contributed by atoms with van der Waals surface area (Å²) < 4.78 is 5.48. The average molecular weight is 949 g/mol. The summed E-state index contributed by atoms with van der Waals surface area (Å²) >= 11 is 0. The van der Waals surface area contributed by atoms with Gasteiger partial charge in [-0.2, -0.15) is 0 Å². The Kier molecular flexibility index (Phi) is 56.5. The molecular weight excluding hydrogens is 827 g/mol. The van der Waals surface area contributed by atoms with E-state index < -0.39 is 12.1 Å². The molecule has 0 fully saturated rings. The number of carbonyl (C=O) groups excluding carboxylic acids is 2. The van der Waals surface area contributed by atoms with Crippen LogP contribution < -0.4 is 5.32 Å². The second-order valence-corrected chi connectivity index (χ2v) is 21.4. The predicted molar refractivity (Wildman–Crippen MR) is 292 cm³/mol. The van der Waals surface area contributed by atoms with Crippen LogP contribution in [0.5, 0.6) is 0 Å². The van der Waals surface area contributed by atoms with Gasteiger partial charge in [-0.25, -0.2) is 0 Å². The Morgan fingerprint density at radius 1 is 0.358 bits per heavy atom. The molecule has 0 rings (SSSR count). The lowest BCUT2D eigenvalue weighted by Gasteiger charge is -2.22. The normalized spacial score (nSPS) is 12.5. The van der Waals surface area contributed by atoms with E-state index in [1.54, 1.807) is 0 Å². The first kappa shape index (κ1) is 65.9. The molecule has 400 valence electrons. The molecular formula is C61H121NO5.